The van der Waals surface area contributed by atoms with E-state index in [1.807, 2.05) is 5.32 Å². The maximum atomic E-state index is 12.6. The van der Waals surface area contributed by atoms with Gasteiger partial charge in [-0.2, -0.15) is 0 Å². The number of nitrogens with one attached hydrogen (secondary N) is 3. The van der Waals surface area contributed by atoms with Crippen molar-refractivity contribution in [3.8, 4) is 0 Å². The molecule has 0 radical (unpaired) electrons. The van der Waals surface area contributed by atoms with Crippen molar-refractivity contribution in [2.24, 2.45) is 0 Å². The van der Waals surface area contributed by atoms with Gasteiger partial charge in [-0.3, -0.25) is 19.8 Å². The monoisotopic (exact) mass is 352 g/mol. The highest BCUT2D eigenvalue weighted by Gasteiger charge is 2.50. The molecule has 1 aromatic rings. The highest BCUT2D eigenvalue weighted by Crippen LogP contribution is 2.33. The summed E-state index contributed by atoms with van der Waals surface area (Å²) >= 11 is 6.11. The number of carbonyl (C=O) groups is 4. The topological polar surface area (TPSA) is 108 Å². The van der Waals surface area contributed by atoms with Gasteiger partial charge in [-0.1, -0.05) is 29.8 Å². The van der Waals surface area contributed by atoms with E-state index in [1.165, 1.54) is 6.92 Å². The number of halogens is 1. The number of imide groups is 2. The molecule has 1 unspecified atom stereocenters. The summed E-state index contributed by atoms with van der Waals surface area (Å²) in [6.45, 7) is 2.97. The van der Waals surface area contributed by atoms with Gasteiger partial charge in [-0.05, 0) is 19.9 Å². The van der Waals surface area contributed by atoms with Gasteiger partial charge in [0.1, 0.15) is 12.1 Å². The van der Waals surface area contributed by atoms with Gasteiger partial charge in [0.25, 0.3) is 5.91 Å². The van der Waals surface area contributed by atoms with Gasteiger partial charge in [0.15, 0.2) is 0 Å². The minimum absolute atomic E-state index is 0.322. The quantitative estimate of drug-likeness (QED) is 0.701. The van der Waals surface area contributed by atoms with Crippen LogP contribution in [0.2, 0.25) is 5.02 Å². The second kappa shape index (κ2) is 6.88. The van der Waals surface area contributed by atoms with Crippen molar-refractivity contribution in [1.29, 1.82) is 0 Å². The average molecular weight is 353 g/mol. The molecule has 0 aliphatic carbocycles. The molecule has 3 N–H and O–H groups in total. The van der Waals surface area contributed by atoms with Crippen molar-refractivity contribution in [3.63, 3.8) is 0 Å². The number of hydrogen-bond acceptors (Lipinski definition) is 4. The Morgan fingerprint density at radius 3 is 2.58 bits per heavy atom. The number of benzene rings is 1. The number of hydrogen-bond donors (Lipinski definition) is 3. The van der Waals surface area contributed by atoms with Gasteiger partial charge < -0.3 is 10.6 Å². The summed E-state index contributed by atoms with van der Waals surface area (Å²) < 4.78 is 0. The molecule has 0 aromatic heterocycles. The summed E-state index contributed by atoms with van der Waals surface area (Å²) in [5, 5.41) is 7.28. The van der Waals surface area contributed by atoms with Gasteiger partial charge >= 0.3 is 12.1 Å². The third-order valence-electron chi connectivity index (χ3n) is 3.58. The van der Waals surface area contributed by atoms with Gasteiger partial charge in [0.05, 0.1) is 0 Å². The first-order valence-corrected chi connectivity index (χ1v) is 7.64. The lowest BCUT2D eigenvalue weighted by Gasteiger charge is -2.23. The Balaban J connectivity index is 2.16. The Labute approximate surface area is 143 Å². The lowest BCUT2D eigenvalue weighted by molar-refractivity contribution is -0.134. The van der Waals surface area contributed by atoms with Crippen molar-refractivity contribution in [2.75, 3.05) is 13.1 Å². The van der Waals surface area contributed by atoms with Crippen LogP contribution in [0, 0.1) is 0 Å². The van der Waals surface area contributed by atoms with Crippen molar-refractivity contribution in [2.45, 2.75) is 19.4 Å². The van der Waals surface area contributed by atoms with Crippen LogP contribution in [-0.4, -0.2) is 41.9 Å². The first-order valence-electron chi connectivity index (χ1n) is 7.26. The standard InChI is InChI=1S/C15H17ClN4O4/c1-3-17-13(23)18-11(21)8-20-12(22)15(2,19-14(20)24)9-6-4-5-7-10(9)16/h4-7H,3,8H2,1-2H3,(H,19,24)(H2,17,18,21,23). The fourth-order valence-corrected chi connectivity index (χ4v) is 2.73. The summed E-state index contributed by atoms with van der Waals surface area (Å²) in [5.41, 5.74) is -0.946. The molecule has 8 nitrogen and oxygen atoms in total. The van der Waals surface area contributed by atoms with Crippen LogP contribution in [0.5, 0.6) is 0 Å². The lowest BCUT2D eigenvalue weighted by Crippen LogP contribution is -2.46. The van der Waals surface area contributed by atoms with E-state index in [2.05, 4.69) is 10.6 Å². The third-order valence-corrected chi connectivity index (χ3v) is 3.91. The minimum Gasteiger partial charge on any atom is -0.338 e. The molecule has 1 saturated heterocycles. The van der Waals surface area contributed by atoms with Crippen molar-refractivity contribution < 1.29 is 19.2 Å². The van der Waals surface area contributed by atoms with Crippen LogP contribution in [0.4, 0.5) is 9.59 Å². The molecule has 1 aliphatic heterocycles. The normalized spacial score (nSPS) is 19.9. The fourth-order valence-electron chi connectivity index (χ4n) is 2.40. The van der Waals surface area contributed by atoms with E-state index in [4.69, 9.17) is 11.6 Å². The van der Waals surface area contributed by atoms with Crippen LogP contribution in [-0.2, 0) is 15.1 Å². The van der Waals surface area contributed by atoms with Crippen LogP contribution in [0.15, 0.2) is 24.3 Å². The highest BCUT2D eigenvalue weighted by molar-refractivity contribution is 6.32. The van der Waals surface area contributed by atoms with Crippen molar-refractivity contribution in [3.05, 3.63) is 34.9 Å². The SMILES string of the molecule is CCNC(=O)NC(=O)CN1C(=O)NC(C)(c2ccccc2Cl)C1=O. The molecule has 24 heavy (non-hydrogen) atoms. The Morgan fingerprint density at radius 1 is 1.29 bits per heavy atom. The number of nitrogens with zero attached hydrogens (tertiary/aromatic N) is 1. The van der Waals surface area contributed by atoms with E-state index < -0.39 is 36.0 Å². The molecule has 2 rings (SSSR count). The molecular formula is C15H17ClN4O4. The van der Waals surface area contributed by atoms with E-state index in [0.717, 1.165) is 4.90 Å². The Bertz CT molecular complexity index is 708. The van der Waals surface area contributed by atoms with Gasteiger partial charge in [0, 0.05) is 17.1 Å². The van der Waals surface area contributed by atoms with Gasteiger partial charge in [0.2, 0.25) is 5.91 Å². The van der Waals surface area contributed by atoms with Crippen LogP contribution < -0.4 is 16.0 Å². The van der Waals surface area contributed by atoms with E-state index in [1.54, 1.807) is 31.2 Å². The highest BCUT2D eigenvalue weighted by atomic mass is 35.5. The molecule has 1 fully saturated rings. The summed E-state index contributed by atoms with van der Waals surface area (Å²) in [4.78, 5) is 48.6. The summed E-state index contributed by atoms with van der Waals surface area (Å²) in [6.07, 6.45) is 0. The maximum absolute atomic E-state index is 12.6. The zero-order chi connectivity index (χ0) is 17.9. The molecule has 9 heteroatoms. The molecule has 0 spiro atoms. The van der Waals surface area contributed by atoms with E-state index >= 15 is 0 Å². The number of rotatable bonds is 4. The summed E-state index contributed by atoms with van der Waals surface area (Å²) in [7, 11) is 0. The molecular weight excluding hydrogens is 336 g/mol. The second-order valence-corrected chi connectivity index (χ2v) is 5.74. The zero-order valence-electron chi connectivity index (χ0n) is 13.2. The minimum atomic E-state index is -1.37. The largest absolute Gasteiger partial charge is 0.338 e. The summed E-state index contributed by atoms with van der Waals surface area (Å²) in [6, 6.07) is 5.20. The van der Waals surface area contributed by atoms with Crippen molar-refractivity contribution >= 4 is 35.5 Å². The van der Waals surface area contributed by atoms with E-state index in [9.17, 15) is 19.2 Å². The molecule has 1 aliphatic rings. The molecule has 1 atom stereocenters. The first-order chi connectivity index (χ1) is 11.3. The molecule has 6 amide bonds. The average Bonchev–Trinajstić information content (AvgIpc) is 2.72. The molecule has 0 saturated carbocycles. The molecule has 1 aromatic carbocycles. The maximum Gasteiger partial charge on any atom is 0.325 e. The van der Waals surface area contributed by atoms with Gasteiger partial charge in [-0.25, -0.2) is 9.59 Å². The fraction of sp³-hybridized carbons (Fsp3) is 0.333. The number of amides is 6. The Hall–Kier alpha value is -2.61. The van der Waals surface area contributed by atoms with Crippen LogP contribution in [0.1, 0.15) is 19.4 Å². The smallest absolute Gasteiger partial charge is 0.325 e. The molecule has 1 heterocycles. The van der Waals surface area contributed by atoms with Gasteiger partial charge in [-0.15, -0.1) is 0 Å². The zero-order valence-corrected chi connectivity index (χ0v) is 13.9. The van der Waals surface area contributed by atoms with Crippen LogP contribution in [0.25, 0.3) is 0 Å². The van der Waals surface area contributed by atoms with Crippen LogP contribution >= 0.6 is 11.6 Å². The molecule has 0 bridgehead atoms. The lowest BCUT2D eigenvalue weighted by atomic mass is 9.92. The second-order valence-electron chi connectivity index (χ2n) is 5.33. The number of urea groups is 2. The Kier molecular flexibility index (Phi) is 5.08. The third kappa shape index (κ3) is 3.33. The summed E-state index contributed by atoms with van der Waals surface area (Å²) in [5.74, 6) is -1.39. The Morgan fingerprint density at radius 2 is 1.96 bits per heavy atom. The first kappa shape index (κ1) is 17.7. The van der Waals surface area contributed by atoms with E-state index in [-0.39, 0.29) is 0 Å². The predicted octanol–water partition coefficient (Wildman–Crippen LogP) is 0.953. The number of carbonyl (C=O) groups excluding carboxylic acids is 4. The molecule has 128 valence electrons. The predicted molar refractivity (Wildman–Crippen MR) is 86.3 cm³/mol. The van der Waals surface area contributed by atoms with Crippen LogP contribution in [0.3, 0.4) is 0 Å². The van der Waals surface area contributed by atoms with E-state index in [0.29, 0.717) is 17.1 Å². The van der Waals surface area contributed by atoms with Crippen molar-refractivity contribution in [1.82, 2.24) is 20.9 Å².